The summed E-state index contributed by atoms with van der Waals surface area (Å²) < 4.78 is 0. The minimum absolute atomic E-state index is 0.0255. The third-order valence-electron chi connectivity index (χ3n) is 15.0. The Labute approximate surface area is 348 Å². The van der Waals surface area contributed by atoms with Crippen molar-refractivity contribution in [1.82, 2.24) is 0 Å². The van der Waals surface area contributed by atoms with Crippen molar-refractivity contribution < 1.29 is 0 Å². The van der Waals surface area contributed by atoms with Crippen LogP contribution in [0.1, 0.15) is 92.8 Å². The Morgan fingerprint density at radius 3 is 1.42 bits per heavy atom. The van der Waals surface area contributed by atoms with E-state index in [2.05, 4.69) is 205 Å². The van der Waals surface area contributed by atoms with E-state index in [-0.39, 0.29) is 16.2 Å². The highest BCUT2D eigenvalue weighted by atomic mass is 14.4. The van der Waals surface area contributed by atoms with Gasteiger partial charge in [-0.3, -0.25) is 0 Å². The van der Waals surface area contributed by atoms with E-state index in [1.54, 1.807) is 0 Å². The van der Waals surface area contributed by atoms with Crippen LogP contribution >= 0.6 is 0 Å². The van der Waals surface area contributed by atoms with Gasteiger partial charge in [-0.25, -0.2) is 0 Å². The molecule has 0 N–H and O–H groups in total. The maximum atomic E-state index is 2.60. The molecule has 4 aliphatic rings. The second kappa shape index (κ2) is 11.9. The van der Waals surface area contributed by atoms with E-state index in [4.69, 9.17) is 0 Å². The number of hydrogen-bond acceptors (Lipinski definition) is 0. The van der Waals surface area contributed by atoms with Crippen LogP contribution < -0.4 is 0 Å². The summed E-state index contributed by atoms with van der Waals surface area (Å²) in [5.41, 5.74) is 23.3. The lowest BCUT2D eigenvalue weighted by Crippen LogP contribution is -2.17. The summed E-state index contributed by atoms with van der Waals surface area (Å²) >= 11 is 0. The van der Waals surface area contributed by atoms with E-state index in [9.17, 15) is 0 Å². The first-order valence-electron chi connectivity index (χ1n) is 21.5. The van der Waals surface area contributed by atoms with Gasteiger partial charge in [0.25, 0.3) is 0 Å². The molecule has 0 bridgehead atoms. The Bertz CT molecular complexity index is 3210. The van der Waals surface area contributed by atoms with Crippen molar-refractivity contribution in [2.75, 3.05) is 0 Å². The van der Waals surface area contributed by atoms with E-state index in [1.807, 2.05) is 0 Å². The lowest BCUT2D eigenvalue weighted by molar-refractivity contribution is 0.648. The molecule has 0 aromatic heterocycles. The third kappa shape index (κ3) is 4.66. The highest BCUT2D eigenvalue weighted by molar-refractivity contribution is 6.22. The molecule has 1 atom stereocenters. The summed E-state index contributed by atoms with van der Waals surface area (Å²) in [6.07, 6.45) is 6.12. The average molecular weight is 757 g/mol. The minimum Gasteiger partial charge on any atom is -0.0754 e. The summed E-state index contributed by atoms with van der Waals surface area (Å²) in [4.78, 5) is 0. The van der Waals surface area contributed by atoms with Gasteiger partial charge >= 0.3 is 0 Å². The monoisotopic (exact) mass is 756 g/mol. The van der Waals surface area contributed by atoms with Gasteiger partial charge in [0.2, 0.25) is 0 Å². The normalized spacial score (nSPS) is 18.4. The van der Waals surface area contributed by atoms with Crippen LogP contribution in [0.3, 0.4) is 0 Å². The van der Waals surface area contributed by atoms with E-state index < -0.39 is 0 Å². The molecule has 0 amide bonds. The molecule has 0 nitrogen and oxygen atoms in total. The van der Waals surface area contributed by atoms with E-state index in [1.165, 1.54) is 116 Å². The summed E-state index contributed by atoms with van der Waals surface area (Å²) in [6.45, 7) is 14.4. The molecule has 284 valence electrons. The highest BCUT2D eigenvalue weighted by Gasteiger charge is 2.40. The number of rotatable bonds is 3. The summed E-state index contributed by atoms with van der Waals surface area (Å²) in [7, 11) is 0. The smallest absolute Gasteiger partial charge is 0.0159 e. The fraction of sp³-hybridized carbons (Fsp3) is 0.186. The molecule has 0 radical (unpaired) electrons. The molecule has 59 heavy (non-hydrogen) atoms. The van der Waals surface area contributed by atoms with Crippen LogP contribution in [0.5, 0.6) is 0 Å². The van der Waals surface area contributed by atoms with Gasteiger partial charge in [-0.05, 0) is 141 Å². The standard InChI is InChI=1S/C59H48/c1-57(2)49-20-12-9-15-39(49)42-27-23-36(32-52(42)57)35-24-30-47-48(31-35)56(38-26-29-44-41-17-11-14-22-51(41)59(5,6)54(44)34-38)46-19-8-7-18-45(46)55(47)37-25-28-43-40-16-10-13-21-50(40)58(3,4)53(43)33-37/h7-22,24-34,36H,23H2,1-6H3. The van der Waals surface area contributed by atoms with Gasteiger partial charge in [0.1, 0.15) is 0 Å². The highest BCUT2D eigenvalue weighted by Crippen LogP contribution is 2.56. The Kier molecular flexibility index (Phi) is 7.03. The SMILES string of the molecule is CC1(C)C2=CC(c3ccc4c(-c5ccc6c(c5)C(C)(C)c5ccccc5-6)c5ccccc5c(-c5ccc6c(c5)C(C)(C)c5ccccc5-6)c4c3)CC=C2c2ccccc21. The van der Waals surface area contributed by atoms with Crippen LogP contribution in [0.25, 0.3) is 71.6 Å². The predicted octanol–water partition coefficient (Wildman–Crippen LogP) is 15.7. The lowest BCUT2D eigenvalue weighted by atomic mass is 9.76. The van der Waals surface area contributed by atoms with Gasteiger partial charge in [0.05, 0.1) is 0 Å². The third-order valence-corrected chi connectivity index (χ3v) is 15.0. The predicted molar refractivity (Wildman–Crippen MR) is 250 cm³/mol. The van der Waals surface area contributed by atoms with Crippen LogP contribution in [-0.2, 0) is 16.2 Å². The Morgan fingerprint density at radius 2 is 0.847 bits per heavy atom. The van der Waals surface area contributed by atoms with Crippen LogP contribution in [0, 0.1) is 0 Å². The molecule has 0 heterocycles. The van der Waals surface area contributed by atoms with Crippen molar-refractivity contribution in [3.05, 3.63) is 208 Å². The van der Waals surface area contributed by atoms with Crippen molar-refractivity contribution in [3.63, 3.8) is 0 Å². The van der Waals surface area contributed by atoms with E-state index in [0.717, 1.165) is 6.42 Å². The molecule has 0 saturated heterocycles. The van der Waals surface area contributed by atoms with Crippen LogP contribution in [0.2, 0.25) is 0 Å². The first kappa shape index (κ1) is 34.8. The topological polar surface area (TPSA) is 0 Å². The van der Waals surface area contributed by atoms with E-state index >= 15 is 0 Å². The number of hydrogen-bond donors (Lipinski definition) is 0. The van der Waals surface area contributed by atoms with Crippen LogP contribution in [0.15, 0.2) is 169 Å². The molecule has 0 spiro atoms. The second-order valence-corrected chi connectivity index (χ2v) is 19.2. The zero-order valence-electron chi connectivity index (χ0n) is 34.9. The zero-order valence-corrected chi connectivity index (χ0v) is 34.9. The molecule has 0 heteroatoms. The molecule has 8 aromatic rings. The lowest BCUT2D eigenvalue weighted by Gasteiger charge is -2.27. The van der Waals surface area contributed by atoms with Crippen molar-refractivity contribution in [2.24, 2.45) is 0 Å². The van der Waals surface area contributed by atoms with Crippen LogP contribution in [0.4, 0.5) is 0 Å². The number of fused-ring (bicyclic) bond motifs is 11. The summed E-state index contributed by atoms with van der Waals surface area (Å²) in [6, 6.07) is 58.3. The average Bonchev–Trinajstić information content (AvgIpc) is 3.74. The first-order chi connectivity index (χ1) is 28.5. The summed E-state index contributed by atoms with van der Waals surface area (Å²) in [5.74, 6) is 0.294. The Morgan fingerprint density at radius 1 is 0.390 bits per heavy atom. The minimum atomic E-state index is -0.0859. The van der Waals surface area contributed by atoms with Gasteiger partial charge in [0.15, 0.2) is 0 Å². The fourth-order valence-electron chi connectivity index (χ4n) is 11.9. The zero-order chi connectivity index (χ0) is 40.0. The molecule has 4 aliphatic carbocycles. The first-order valence-corrected chi connectivity index (χ1v) is 21.5. The molecular formula is C59H48. The molecule has 0 fully saturated rings. The number of benzene rings is 8. The quantitative estimate of drug-likeness (QED) is 0.158. The fourth-order valence-corrected chi connectivity index (χ4v) is 11.9. The van der Waals surface area contributed by atoms with Crippen molar-refractivity contribution in [2.45, 2.75) is 70.1 Å². The van der Waals surface area contributed by atoms with Crippen LogP contribution in [-0.4, -0.2) is 0 Å². The molecule has 0 saturated carbocycles. The molecule has 8 aromatic carbocycles. The summed E-state index contributed by atoms with van der Waals surface area (Å²) in [5, 5.41) is 5.25. The molecule has 1 unspecified atom stereocenters. The molecule has 0 aliphatic heterocycles. The van der Waals surface area contributed by atoms with Crippen molar-refractivity contribution >= 4 is 27.1 Å². The maximum Gasteiger partial charge on any atom is 0.0159 e. The van der Waals surface area contributed by atoms with Gasteiger partial charge in [-0.15, -0.1) is 0 Å². The Hall–Kier alpha value is -6.24. The van der Waals surface area contributed by atoms with Gasteiger partial charge < -0.3 is 0 Å². The Balaban J connectivity index is 1.11. The second-order valence-electron chi connectivity index (χ2n) is 19.2. The van der Waals surface area contributed by atoms with Crippen molar-refractivity contribution in [1.29, 1.82) is 0 Å². The van der Waals surface area contributed by atoms with Gasteiger partial charge in [0, 0.05) is 22.2 Å². The molecule has 12 rings (SSSR count). The maximum absolute atomic E-state index is 2.60. The number of allylic oxidation sites excluding steroid dienone is 4. The van der Waals surface area contributed by atoms with Crippen molar-refractivity contribution in [3.8, 4) is 44.5 Å². The van der Waals surface area contributed by atoms with Gasteiger partial charge in [-0.2, -0.15) is 0 Å². The van der Waals surface area contributed by atoms with E-state index in [0.29, 0.717) is 5.92 Å². The van der Waals surface area contributed by atoms with Gasteiger partial charge in [-0.1, -0.05) is 187 Å². The largest absolute Gasteiger partial charge is 0.0754 e. The molecular weight excluding hydrogens is 709 g/mol.